The standard InChI is InChI=1S/C22H25F3N2O3/c23-22(24,25)29-18-4-2-1-3-16(18)19-17(21(30-27-19)12-5-6-12)11-26-15-9-13-7-8-14(10-15)20(13)28/h1-4,12-15,20,26,28H,5-11H2/t13-,14+,15-,20-. The van der Waals surface area contributed by atoms with Crippen LogP contribution in [0.3, 0.4) is 0 Å². The molecule has 0 spiro atoms. The molecule has 5 nitrogen and oxygen atoms in total. The number of aliphatic hydroxyl groups excluding tert-OH is 1. The lowest BCUT2D eigenvalue weighted by atomic mass is 9.83. The number of aliphatic hydroxyl groups is 1. The molecular weight excluding hydrogens is 397 g/mol. The number of alkyl halides is 3. The van der Waals surface area contributed by atoms with Gasteiger partial charge in [0.2, 0.25) is 0 Å². The number of hydrogen-bond acceptors (Lipinski definition) is 5. The van der Waals surface area contributed by atoms with Crippen molar-refractivity contribution in [3.05, 3.63) is 35.6 Å². The molecule has 0 radical (unpaired) electrons. The van der Waals surface area contributed by atoms with Gasteiger partial charge in [0.05, 0.1) is 6.10 Å². The van der Waals surface area contributed by atoms with Crippen molar-refractivity contribution >= 4 is 0 Å². The molecule has 2 N–H and O–H groups in total. The van der Waals surface area contributed by atoms with Crippen LogP contribution >= 0.6 is 0 Å². The number of nitrogens with zero attached hydrogens (tertiary/aromatic N) is 1. The highest BCUT2D eigenvalue weighted by molar-refractivity contribution is 5.70. The van der Waals surface area contributed by atoms with Crippen molar-refractivity contribution in [2.24, 2.45) is 11.8 Å². The summed E-state index contributed by atoms with van der Waals surface area (Å²) >= 11 is 0. The molecule has 0 amide bonds. The van der Waals surface area contributed by atoms with E-state index in [9.17, 15) is 18.3 Å². The van der Waals surface area contributed by atoms with Gasteiger partial charge in [0, 0.05) is 29.6 Å². The number of para-hydroxylation sites is 1. The maximum atomic E-state index is 12.9. The Morgan fingerprint density at radius 1 is 1.10 bits per heavy atom. The SMILES string of the molecule is O[C@@H]1[C@@H]2CC[C@H]1C[C@H](NCc1c(-c3ccccc3OC(F)(F)F)noc1C1CC1)C2. The van der Waals surface area contributed by atoms with E-state index in [0.717, 1.165) is 49.8 Å². The van der Waals surface area contributed by atoms with E-state index in [1.165, 1.54) is 12.1 Å². The van der Waals surface area contributed by atoms with E-state index >= 15 is 0 Å². The van der Waals surface area contributed by atoms with Crippen LogP contribution in [0.2, 0.25) is 0 Å². The summed E-state index contributed by atoms with van der Waals surface area (Å²) < 4.78 is 48.5. The van der Waals surface area contributed by atoms with Crippen LogP contribution in [0.25, 0.3) is 11.3 Å². The number of nitrogens with one attached hydrogen (secondary N) is 1. The van der Waals surface area contributed by atoms with Crippen molar-refractivity contribution in [1.29, 1.82) is 0 Å². The molecule has 4 atom stereocenters. The minimum absolute atomic E-state index is 0.192. The number of benzene rings is 1. The van der Waals surface area contributed by atoms with Crippen molar-refractivity contribution in [1.82, 2.24) is 10.5 Å². The van der Waals surface area contributed by atoms with Gasteiger partial charge in [0.1, 0.15) is 17.2 Å². The van der Waals surface area contributed by atoms with Crippen LogP contribution in [-0.2, 0) is 6.54 Å². The van der Waals surface area contributed by atoms with Gasteiger partial charge in [0.25, 0.3) is 0 Å². The Balaban J connectivity index is 1.40. The molecule has 8 heteroatoms. The van der Waals surface area contributed by atoms with E-state index in [0.29, 0.717) is 24.1 Å². The fraction of sp³-hybridized carbons (Fsp3) is 0.591. The fourth-order valence-electron chi connectivity index (χ4n) is 5.16. The van der Waals surface area contributed by atoms with Crippen molar-refractivity contribution in [2.45, 2.75) is 69.5 Å². The Labute approximate surface area is 172 Å². The van der Waals surface area contributed by atoms with Gasteiger partial charge >= 0.3 is 6.36 Å². The second kappa shape index (κ2) is 7.57. The summed E-state index contributed by atoms with van der Waals surface area (Å²) in [6.45, 7) is 0.477. The Morgan fingerprint density at radius 3 is 2.47 bits per heavy atom. The van der Waals surface area contributed by atoms with Crippen molar-refractivity contribution in [2.75, 3.05) is 0 Å². The molecule has 1 heterocycles. The average molecular weight is 422 g/mol. The molecule has 2 bridgehead atoms. The lowest BCUT2D eigenvalue weighted by Gasteiger charge is -2.32. The minimum Gasteiger partial charge on any atom is -0.405 e. The predicted molar refractivity (Wildman–Crippen MR) is 103 cm³/mol. The third-order valence-electron chi connectivity index (χ3n) is 6.75. The summed E-state index contributed by atoms with van der Waals surface area (Å²) in [4.78, 5) is 0. The van der Waals surface area contributed by atoms with Gasteiger partial charge in [0.15, 0.2) is 0 Å². The molecule has 0 saturated heterocycles. The Morgan fingerprint density at radius 2 is 1.80 bits per heavy atom. The molecule has 3 aliphatic carbocycles. The summed E-state index contributed by atoms with van der Waals surface area (Å²) in [5.41, 5.74) is 1.50. The smallest absolute Gasteiger partial charge is 0.405 e. The van der Waals surface area contributed by atoms with Crippen LogP contribution in [0.5, 0.6) is 5.75 Å². The first-order valence-corrected chi connectivity index (χ1v) is 10.6. The third-order valence-corrected chi connectivity index (χ3v) is 6.75. The maximum absolute atomic E-state index is 12.9. The molecule has 2 aromatic rings. The van der Waals surface area contributed by atoms with Gasteiger partial charge < -0.3 is 19.7 Å². The Kier molecular flexibility index (Phi) is 5.01. The van der Waals surface area contributed by atoms with Crippen LogP contribution in [0, 0.1) is 11.8 Å². The number of fused-ring (bicyclic) bond motifs is 2. The van der Waals surface area contributed by atoms with E-state index in [-0.39, 0.29) is 29.4 Å². The van der Waals surface area contributed by atoms with E-state index in [4.69, 9.17) is 4.52 Å². The number of rotatable bonds is 6. The first-order valence-electron chi connectivity index (χ1n) is 10.6. The first kappa shape index (κ1) is 19.9. The summed E-state index contributed by atoms with van der Waals surface area (Å²) in [7, 11) is 0. The van der Waals surface area contributed by atoms with Crippen molar-refractivity contribution in [3.8, 4) is 17.0 Å². The normalized spacial score (nSPS) is 28.7. The molecule has 5 rings (SSSR count). The summed E-state index contributed by atoms with van der Waals surface area (Å²) in [6, 6.07) is 6.33. The van der Waals surface area contributed by atoms with Gasteiger partial charge in [-0.3, -0.25) is 0 Å². The molecule has 3 fully saturated rings. The Bertz CT molecular complexity index is 895. The lowest BCUT2D eigenvalue weighted by Crippen LogP contribution is -2.40. The molecule has 0 unspecified atom stereocenters. The van der Waals surface area contributed by atoms with Gasteiger partial charge in [-0.05, 0) is 62.5 Å². The van der Waals surface area contributed by atoms with Crippen molar-refractivity contribution < 1.29 is 27.5 Å². The highest BCUT2D eigenvalue weighted by Crippen LogP contribution is 2.46. The minimum atomic E-state index is -4.78. The zero-order chi connectivity index (χ0) is 20.9. The van der Waals surface area contributed by atoms with E-state index < -0.39 is 6.36 Å². The quantitative estimate of drug-likeness (QED) is 0.703. The molecule has 162 valence electrons. The predicted octanol–water partition coefficient (Wildman–Crippen LogP) is 4.76. The van der Waals surface area contributed by atoms with Crippen LogP contribution < -0.4 is 10.1 Å². The molecule has 1 aromatic carbocycles. The summed E-state index contributed by atoms with van der Waals surface area (Å²) in [6.07, 6.45) is 1.01. The molecule has 0 aliphatic heterocycles. The van der Waals surface area contributed by atoms with Crippen LogP contribution in [0.4, 0.5) is 13.2 Å². The topological polar surface area (TPSA) is 67.5 Å². The summed E-state index contributed by atoms with van der Waals surface area (Å²) in [5, 5.41) is 18.0. The zero-order valence-corrected chi connectivity index (χ0v) is 16.5. The van der Waals surface area contributed by atoms with E-state index in [2.05, 4.69) is 15.2 Å². The first-order chi connectivity index (χ1) is 14.4. The van der Waals surface area contributed by atoms with E-state index in [1.807, 2.05) is 0 Å². The summed E-state index contributed by atoms with van der Waals surface area (Å²) in [5.74, 6) is 1.45. The molecule has 3 saturated carbocycles. The average Bonchev–Trinajstić information content (AvgIpc) is 3.42. The lowest BCUT2D eigenvalue weighted by molar-refractivity contribution is -0.274. The number of halogens is 3. The third kappa shape index (κ3) is 3.95. The molecular formula is C22H25F3N2O3. The second-order valence-corrected chi connectivity index (χ2v) is 8.83. The fourth-order valence-corrected chi connectivity index (χ4v) is 5.16. The van der Waals surface area contributed by atoms with E-state index in [1.54, 1.807) is 12.1 Å². The van der Waals surface area contributed by atoms with Crippen LogP contribution in [0.1, 0.15) is 55.8 Å². The number of hydrogen-bond donors (Lipinski definition) is 2. The van der Waals surface area contributed by atoms with Gasteiger partial charge in [-0.25, -0.2) is 0 Å². The highest BCUT2D eigenvalue weighted by atomic mass is 19.4. The maximum Gasteiger partial charge on any atom is 0.573 e. The van der Waals surface area contributed by atoms with Crippen LogP contribution in [0.15, 0.2) is 28.8 Å². The number of ether oxygens (including phenoxy) is 1. The zero-order valence-electron chi connectivity index (χ0n) is 16.5. The molecule has 30 heavy (non-hydrogen) atoms. The largest absolute Gasteiger partial charge is 0.573 e. The van der Waals surface area contributed by atoms with Gasteiger partial charge in [-0.15, -0.1) is 13.2 Å². The van der Waals surface area contributed by atoms with Gasteiger partial charge in [-0.1, -0.05) is 17.3 Å². The molecule has 1 aromatic heterocycles. The van der Waals surface area contributed by atoms with Crippen LogP contribution in [-0.4, -0.2) is 28.8 Å². The Hall–Kier alpha value is -2.06. The monoisotopic (exact) mass is 422 g/mol. The molecule has 3 aliphatic rings. The second-order valence-electron chi connectivity index (χ2n) is 8.83. The number of aromatic nitrogens is 1. The highest BCUT2D eigenvalue weighted by Gasteiger charge is 2.42. The van der Waals surface area contributed by atoms with Crippen molar-refractivity contribution in [3.63, 3.8) is 0 Å². The van der Waals surface area contributed by atoms with Gasteiger partial charge in [-0.2, -0.15) is 0 Å².